The van der Waals surface area contributed by atoms with E-state index < -0.39 is 12.3 Å². The maximum absolute atomic E-state index is 13.1. The van der Waals surface area contributed by atoms with E-state index in [1.54, 1.807) is 18.2 Å². The molecule has 0 spiro atoms. The van der Waals surface area contributed by atoms with Crippen LogP contribution in [0.25, 0.3) is 0 Å². The number of imide groups is 1. The minimum atomic E-state index is -0.790. The molecule has 3 aromatic rings. The van der Waals surface area contributed by atoms with E-state index in [0.29, 0.717) is 15.6 Å². The number of rotatable bonds is 5. The first kappa shape index (κ1) is 22.3. The quantitative estimate of drug-likeness (QED) is 0.444. The van der Waals surface area contributed by atoms with Gasteiger partial charge in [0.25, 0.3) is 0 Å². The zero-order valence-corrected chi connectivity index (χ0v) is 19.0. The van der Waals surface area contributed by atoms with Gasteiger partial charge in [-0.2, -0.15) is 0 Å². The van der Waals surface area contributed by atoms with E-state index in [1.807, 2.05) is 72.5 Å². The van der Waals surface area contributed by atoms with Gasteiger partial charge in [0.15, 0.2) is 0 Å². The summed E-state index contributed by atoms with van der Waals surface area (Å²) in [6.07, 6.45) is -1.52. The van der Waals surface area contributed by atoms with Crippen molar-refractivity contribution in [2.75, 3.05) is 6.54 Å². The van der Waals surface area contributed by atoms with E-state index in [1.165, 1.54) is 0 Å². The van der Waals surface area contributed by atoms with Gasteiger partial charge in [-0.05, 0) is 30.2 Å². The van der Waals surface area contributed by atoms with Crippen molar-refractivity contribution in [3.8, 4) is 0 Å². The zero-order valence-electron chi connectivity index (χ0n) is 17.4. The largest absolute Gasteiger partial charge is 0.444 e. The van der Waals surface area contributed by atoms with Gasteiger partial charge in [0.1, 0.15) is 12.8 Å². The number of hydrogen-bond donors (Lipinski definition) is 0. The van der Waals surface area contributed by atoms with Gasteiger partial charge >= 0.3 is 6.09 Å². The maximum Gasteiger partial charge on any atom is 0.418 e. The van der Waals surface area contributed by atoms with Crippen molar-refractivity contribution < 1.29 is 14.3 Å². The van der Waals surface area contributed by atoms with Gasteiger partial charge in [0.2, 0.25) is 5.91 Å². The lowest BCUT2D eigenvalue weighted by Gasteiger charge is -2.33. The maximum atomic E-state index is 13.1. The van der Waals surface area contributed by atoms with Crippen LogP contribution in [0.5, 0.6) is 0 Å². The normalized spacial score (nSPS) is 17.4. The van der Waals surface area contributed by atoms with Crippen molar-refractivity contribution in [1.29, 1.82) is 0 Å². The van der Waals surface area contributed by atoms with Crippen molar-refractivity contribution in [3.05, 3.63) is 106 Å². The molecule has 1 aliphatic heterocycles. The molecular weight excluding hydrogens is 447 g/mol. The van der Waals surface area contributed by atoms with Gasteiger partial charge < -0.3 is 4.74 Å². The lowest BCUT2D eigenvalue weighted by Crippen LogP contribution is -2.38. The van der Waals surface area contributed by atoms with Gasteiger partial charge in [-0.1, -0.05) is 89.9 Å². The van der Waals surface area contributed by atoms with Crippen LogP contribution >= 0.6 is 23.2 Å². The van der Waals surface area contributed by atoms with Crippen LogP contribution in [-0.4, -0.2) is 28.3 Å². The molecule has 4 rings (SSSR count). The van der Waals surface area contributed by atoms with Crippen LogP contribution in [0.4, 0.5) is 4.79 Å². The van der Waals surface area contributed by atoms with Crippen LogP contribution in [0.1, 0.15) is 35.8 Å². The number of carbonyl (C=O) groups excluding carboxylic acids is 2. The molecule has 164 valence electrons. The second kappa shape index (κ2) is 9.74. The van der Waals surface area contributed by atoms with Crippen molar-refractivity contribution in [2.45, 2.75) is 25.7 Å². The third-order valence-electron chi connectivity index (χ3n) is 5.58. The Kier molecular flexibility index (Phi) is 6.80. The van der Waals surface area contributed by atoms with E-state index in [9.17, 15) is 9.59 Å². The Balaban J connectivity index is 1.69. The number of nitrogens with zero attached hydrogens (tertiary/aromatic N) is 2. The molecule has 0 N–H and O–H groups in total. The Bertz CT molecular complexity index is 1090. The average molecular weight is 469 g/mol. The predicted octanol–water partition coefficient (Wildman–Crippen LogP) is 6.23. The average Bonchev–Trinajstić information content (AvgIpc) is 3.15. The molecule has 5 nitrogen and oxygen atoms in total. The fraction of sp³-hybridized carbons (Fsp3) is 0.200. The number of benzene rings is 3. The van der Waals surface area contributed by atoms with Crippen molar-refractivity contribution >= 4 is 35.2 Å². The Morgan fingerprint density at radius 3 is 2.19 bits per heavy atom. The second-order valence-electron chi connectivity index (χ2n) is 7.57. The summed E-state index contributed by atoms with van der Waals surface area (Å²) in [7, 11) is 0. The van der Waals surface area contributed by atoms with Crippen molar-refractivity contribution in [1.82, 2.24) is 9.80 Å². The third kappa shape index (κ3) is 4.51. The summed E-state index contributed by atoms with van der Waals surface area (Å²) in [5.41, 5.74) is 2.34. The van der Waals surface area contributed by atoms with E-state index in [-0.39, 0.29) is 25.1 Å². The SMILES string of the molecule is C[C@H](c1ccccc1)N1CC(=O)N(C(=O)OCc2ccccc2)[C@@H]1c1c(Cl)cccc1Cl. The highest BCUT2D eigenvalue weighted by atomic mass is 35.5. The number of ether oxygens (including phenoxy) is 1. The van der Waals surface area contributed by atoms with E-state index in [4.69, 9.17) is 27.9 Å². The first-order valence-corrected chi connectivity index (χ1v) is 11.0. The van der Waals surface area contributed by atoms with Crippen LogP contribution in [-0.2, 0) is 16.1 Å². The first-order chi connectivity index (χ1) is 15.5. The van der Waals surface area contributed by atoms with E-state index in [0.717, 1.165) is 16.0 Å². The molecule has 0 unspecified atom stereocenters. The molecule has 3 aromatic carbocycles. The molecule has 1 saturated heterocycles. The molecule has 1 heterocycles. The highest BCUT2D eigenvalue weighted by molar-refractivity contribution is 6.36. The van der Waals surface area contributed by atoms with Gasteiger partial charge in [-0.25, -0.2) is 9.69 Å². The Hall–Kier alpha value is -2.86. The summed E-state index contributed by atoms with van der Waals surface area (Å²) in [4.78, 5) is 29.2. The zero-order chi connectivity index (χ0) is 22.7. The standard InChI is InChI=1S/C25H22Cl2N2O3/c1-17(19-11-6-3-7-12-19)28-15-22(30)29(24(28)23-20(26)13-8-14-21(23)27)25(31)32-16-18-9-4-2-5-10-18/h2-14,17,24H,15-16H2,1H3/t17-,24-/m1/s1. The second-order valence-corrected chi connectivity index (χ2v) is 8.39. The molecular formula is C25H22Cl2N2O3. The van der Waals surface area contributed by atoms with Gasteiger partial charge in [0.05, 0.1) is 6.54 Å². The monoisotopic (exact) mass is 468 g/mol. The number of amides is 2. The van der Waals surface area contributed by atoms with E-state index >= 15 is 0 Å². The molecule has 1 aliphatic rings. The third-order valence-corrected chi connectivity index (χ3v) is 6.24. The summed E-state index contributed by atoms with van der Waals surface area (Å²) in [5.74, 6) is -0.369. The molecule has 0 aliphatic carbocycles. The topological polar surface area (TPSA) is 49.9 Å². The summed E-state index contributed by atoms with van der Waals surface area (Å²) in [5, 5.41) is 0.756. The molecule has 0 saturated carbocycles. The summed E-state index contributed by atoms with van der Waals surface area (Å²) >= 11 is 13.0. The summed E-state index contributed by atoms with van der Waals surface area (Å²) < 4.78 is 5.50. The van der Waals surface area contributed by atoms with Gasteiger partial charge in [-0.15, -0.1) is 0 Å². The predicted molar refractivity (Wildman–Crippen MR) is 124 cm³/mol. The minimum Gasteiger partial charge on any atom is -0.444 e. The first-order valence-electron chi connectivity index (χ1n) is 10.2. The minimum absolute atomic E-state index is 0.0305. The van der Waals surface area contributed by atoms with Crippen LogP contribution in [0.3, 0.4) is 0 Å². The molecule has 32 heavy (non-hydrogen) atoms. The fourth-order valence-corrected chi connectivity index (χ4v) is 4.51. The lowest BCUT2D eigenvalue weighted by atomic mass is 10.0. The van der Waals surface area contributed by atoms with Crippen LogP contribution in [0, 0.1) is 0 Å². The van der Waals surface area contributed by atoms with E-state index in [2.05, 4.69) is 0 Å². The molecule has 2 atom stereocenters. The highest BCUT2D eigenvalue weighted by Gasteiger charge is 2.47. The number of hydrogen-bond acceptors (Lipinski definition) is 4. The van der Waals surface area contributed by atoms with Crippen LogP contribution in [0.15, 0.2) is 78.9 Å². The fourth-order valence-electron chi connectivity index (χ4n) is 3.92. The molecule has 0 aromatic heterocycles. The van der Waals surface area contributed by atoms with Crippen LogP contribution < -0.4 is 0 Å². The lowest BCUT2D eigenvalue weighted by molar-refractivity contribution is -0.126. The Morgan fingerprint density at radius 2 is 1.56 bits per heavy atom. The number of carbonyl (C=O) groups is 2. The smallest absolute Gasteiger partial charge is 0.418 e. The highest BCUT2D eigenvalue weighted by Crippen LogP contribution is 2.43. The number of halogens is 2. The molecule has 0 radical (unpaired) electrons. The molecule has 7 heteroatoms. The molecule has 1 fully saturated rings. The Labute approximate surface area is 197 Å². The van der Waals surface area contributed by atoms with Gasteiger partial charge in [0, 0.05) is 21.7 Å². The van der Waals surface area contributed by atoms with Crippen molar-refractivity contribution in [3.63, 3.8) is 0 Å². The van der Waals surface area contributed by atoms with Crippen LogP contribution in [0.2, 0.25) is 10.0 Å². The Morgan fingerprint density at radius 1 is 0.969 bits per heavy atom. The van der Waals surface area contributed by atoms with Crippen molar-refractivity contribution in [2.24, 2.45) is 0 Å². The molecule has 2 amide bonds. The summed E-state index contributed by atoms with van der Waals surface area (Å²) in [6, 6.07) is 24.0. The summed E-state index contributed by atoms with van der Waals surface area (Å²) in [6.45, 7) is 2.07. The van der Waals surface area contributed by atoms with Gasteiger partial charge in [-0.3, -0.25) is 9.69 Å². The molecule has 0 bridgehead atoms.